The van der Waals surface area contributed by atoms with Gasteiger partial charge in [0.05, 0.1) is 0 Å². The number of hydrogen-bond donors (Lipinski definition) is 2. The molecule has 1 unspecified atom stereocenters. The van der Waals surface area contributed by atoms with Crippen molar-refractivity contribution < 1.29 is 19.1 Å². The minimum absolute atomic E-state index is 0.239. The molecular formula is C23H21ClN2O4. The normalized spacial score (nSPS) is 11.3. The number of hydrogen-bond acceptors (Lipinski definition) is 4. The van der Waals surface area contributed by atoms with Gasteiger partial charge >= 0.3 is 0 Å². The number of carbonyl (C=O) groups excluding carboxylic acids is 2. The lowest BCUT2D eigenvalue weighted by Crippen LogP contribution is -2.48. The van der Waals surface area contributed by atoms with E-state index in [0.29, 0.717) is 16.5 Å². The van der Waals surface area contributed by atoms with Crippen LogP contribution < -0.4 is 20.3 Å². The Labute approximate surface area is 179 Å². The Balaban J connectivity index is 1.41. The molecule has 0 saturated carbocycles. The summed E-state index contributed by atoms with van der Waals surface area (Å²) in [6.07, 6.45) is -0.807. The van der Waals surface area contributed by atoms with E-state index >= 15 is 0 Å². The second-order valence-electron chi connectivity index (χ2n) is 6.43. The van der Waals surface area contributed by atoms with Crippen molar-refractivity contribution in [3.05, 3.63) is 83.9 Å². The lowest BCUT2D eigenvalue weighted by atomic mass is 10.1. The van der Waals surface area contributed by atoms with Crippen molar-refractivity contribution in [3.8, 4) is 22.6 Å². The van der Waals surface area contributed by atoms with Crippen LogP contribution >= 0.6 is 11.6 Å². The second-order valence-corrected chi connectivity index (χ2v) is 6.87. The molecule has 30 heavy (non-hydrogen) atoms. The molecule has 2 amide bonds. The van der Waals surface area contributed by atoms with Gasteiger partial charge in [-0.25, -0.2) is 0 Å². The van der Waals surface area contributed by atoms with E-state index in [1.807, 2.05) is 42.5 Å². The number of halogens is 1. The van der Waals surface area contributed by atoms with E-state index in [2.05, 4.69) is 10.9 Å². The van der Waals surface area contributed by atoms with Gasteiger partial charge in [-0.05, 0) is 54.4 Å². The van der Waals surface area contributed by atoms with Crippen LogP contribution in [0.5, 0.6) is 11.5 Å². The molecule has 3 aromatic rings. The third kappa shape index (κ3) is 6.25. The molecule has 0 aromatic heterocycles. The molecule has 6 nitrogen and oxygen atoms in total. The highest BCUT2D eigenvalue weighted by Gasteiger charge is 2.15. The van der Waals surface area contributed by atoms with Crippen LogP contribution in [0, 0.1) is 0 Å². The average Bonchev–Trinajstić information content (AvgIpc) is 2.78. The summed E-state index contributed by atoms with van der Waals surface area (Å²) in [7, 11) is 0. The first-order chi connectivity index (χ1) is 14.5. The molecule has 0 spiro atoms. The Hall–Kier alpha value is -3.51. The standard InChI is InChI=1S/C23H21ClN2O4/c1-16(30-21-13-9-19(24)10-14-21)23(28)26-25-22(27)15-29-20-11-7-18(8-12-20)17-5-3-2-4-6-17/h2-14,16H,15H2,1H3,(H,25,27)(H,26,28). The first-order valence-corrected chi connectivity index (χ1v) is 9.68. The topological polar surface area (TPSA) is 76.7 Å². The van der Waals surface area contributed by atoms with Crippen LogP contribution in [0.1, 0.15) is 6.92 Å². The molecule has 1 atom stereocenters. The Bertz CT molecular complexity index is 976. The summed E-state index contributed by atoms with van der Waals surface area (Å²) in [4.78, 5) is 24.0. The molecule has 2 N–H and O–H groups in total. The van der Waals surface area contributed by atoms with Gasteiger partial charge in [0.2, 0.25) is 0 Å². The fourth-order valence-electron chi connectivity index (χ4n) is 2.56. The maximum Gasteiger partial charge on any atom is 0.279 e. The van der Waals surface area contributed by atoms with Crippen LogP contribution in [0.2, 0.25) is 5.02 Å². The van der Waals surface area contributed by atoms with Crippen molar-refractivity contribution in [2.75, 3.05) is 6.61 Å². The average molecular weight is 425 g/mol. The number of rotatable bonds is 7. The summed E-state index contributed by atoms with van der Waals surface area (Å²) in [6.45, 7) is 1.33. The summed E-state index contributed by atoms with van der Waals surface area (Å²) < 4.78 is 10.9. The van der Waals surface area contributed by atoms with E-state index in [1.165, 1.54) is 0 Å². The van der Waals surface area contributed by atoms with Gasteiger partial charge in [0.15, 0.2) is 12.7 Å². The summed E-state index contributed by atoms with van der Waals surface area (Å²) in [6, 6.07) is 24.0. The zero-order valence-corrected chi connectivity index (χ0v) is 17.1. The van der Waals surface area contributed by atoms with Gasteiger partial charge in [-0.1, -0.05) is 54.1 Å². The predicted octanol–water partition coefficient (Wildman–Crippen LogP) is 4.00. The number of amides is 2. The van der Waals surface area contributed by atoms with Crippen molar-refractivity contribution in [3.63, 3.8) is 0 Å². The van der Waals surface area contributed by atoms with Crippen molar-refractivity contribution in [2.45, 2.75) is 13.0 Å². The molecule has 0 fully saturated rings. The zero-order valence-electron chi connectivity index (χ0n) is 16.3. The SMILES string of the molecule is CC(Oc1ccc(Cl)cc1)C(=O)NNC(=O)COc1ccc(-c2ccccc2)cc1. The number of hydrazine groups is 1. The van der Waals surface area contributed by atoms with Gasteiger partial charge in [0, 0.05) is 5.02 Å². The van der Waals surface area contributed by atoms with Gasteiger partial charge < -0.3 is 9.47 Å². The molecular weight excluding hydrogens is 404 g/mol. The molecule has 3 aromatic carbocycles. The third-order valence-corrected chi connectivity index (χ3v) is 4.40. The van der Waals surface area contributed by atoms with Crippen LogP contribution in [0.25, 0.3) is 11.1 Å². The van der Waals surface area contributed by atoms with E-state index < -0.39 is 17.9 Å². The van der Waals surface area contributed by atoms with Crippen LogP contribution in [0.4, 0.5) is 0 Å². The van der Waals surface area contributed by atoms with Gasteiger partial charge in [-0.2, -0.15) is 0 Å². The van der Waals surface area contributed by atoms with E-state index in [4.69, 9.17) is 21.1 Å². The van der Waals surface area contributed by atoms with Gasteiger partial charge in [-0.3, -0.25) is 20.4 Å². The van der Waals surface area contributed by atoms with E-state index in [0.717, 1.165) is 11.1 Å². The smallest absolute Gasteiger partial charge is 0.279 e. The Morgan fingerprint density at radius 1 is 0.833 bits per heavy atom. The van der Waals surface area contributed by atoms with Crippen LogP contribution in [-0.2, 0) is 9.59 Å². The first-order valence-electron chi connectivity index (χ1n) is 9.30. The fraction of sp³-hybridized carbons (Fsp3) is 0.130. The molecule has 0 aliphatic heterocycles. The number of carbonyl (C=O) groups is 2. The summed E-state index contributed by atoms with van der Waals surface area (Å²) in [5, 5.41) is 0.571. The zero-order chi connectivity index (χ0) is 21.3. The molecule has 0 heterocycles. The fourth-order valence-corrected chi connectivity index (χ4v) is 2.69. The highest BCUT2D eigenvalue weighted by molar-refractivity contribution is 6.30. The first kappa shape index (κ1) is 21.2. The lowest BCUT2D eigenvalue weighted by molar-refractivity contribution is -0.133. The van der Waals surface area contributed by atoms with Crippen molar-refractivity contribution >= 4 is 23.4 Å². The second kappa shape index (κ2) is 10.3. The van der Waals surface area contributed by atoms with Crippen LogP contribution in [0.3, 0.4) is 0 Å². The molecule has 0 bridgehead atoms. The maximum atomic E-state index is 12.0. The monoisotopic (exact) mass is 424 g/mol. The highest BCUT2D eigenvalue weighted by atomic mass is 35.5. The van der Waals surface area contributed by atoms with E-state index in [-0.39, 0.29) is 6.61 Å². The minimum Gasteiger partial charge on any atom is -0.484 e. The lowest BCUT2D eigenvalue weighted by Gasteiger charge is -2.15. The molecule has 0 aliphatic carbocycles. The summed E-state index contributed by atoms with van der Waals surface area (Å²) in [5.41, 5.74) is 6.76. The number of ether oxygens (including phenoxy) is 2. The Morgan fingerprint density at radius 2 is 1.43 bits per heavy atom. The van der Waals surface area contributed by atoms with Crippen LogP contribution in [0.15, 0.2) is 78.9 Å². The van der Waals surface area contributed by atoms with Crippen LogP contribution in [-0.4, -0.2) is 24.5 Å². The molecule has 7 heteroatoms. The van der Waals surface area contributed by atoms with Crippen molar-refractivity contribution in [1.29, 1.82) is 0 Å². The summed E-state index contributed by atoms with van der Waals surface area (Å²) in [5.74, 6) is 0.0611. The van der Waals surface area contributed by atoms with E-state index in [1.54, 1.807) is 43.3 Å². The maximum absolute atomic E-state index is 12.0. The molecule has 3 rings (SSSR count). The molecule has 0 radical (unpaired) electrons. The molecule has 0 aliphatic rings. The number of nitrogens with one attached hydrogen (secondary N) is 2. The van der Waals surface area contributed by atoms with E-state index in [9.17, 15) is 9.59 Å². The predicted molar refractivity (Wildman–Crippen MR) is 115 cm³/mol. The quantitative estimate of drug-likeness (QED) is 0.562. The molecule has 0 saturated heterocycles. The largest absolute Gasteiger partial charge is 0.484 e. The summed E-state index contributed by atoms with van der Waals surface area (Å²) >= 11 is 5.81. The van der Waals surface area contributed by atoms with Crippen molar-refractivity contribution in [1.82, 2.24) is 10.9 Å². The number of benzene rings is 3. The third-order valence-electron chi connectivity index (χ3n) is 4.15. The van der Waals surface area contributed by atoms with Gasteiger partial charge in [0.1, 0.15) is 11.5 Å². The van der Waals surface area contributed by atoms with Gasteiger partial charge in [-0.15, -0.1) is 0 Å². The minimum atomic E-state index is -0.807. The van der Waals surface area contributed by atoms with Gasteiger partial charge in [0.25, 0.3) is 11.8 Å². The Morgan fingerprint density at radius 3 is 2.10 bits per heavy atom. The van der Waals surface area contributed by atoms with Crippen molar-refractivity contribution in [2.24, 2.45) is 0 Å². The highest BCUT2D eigenvalue weighted by Crippen LogP contribution is 2.22. The molecule has 154 valence electrons. The Kier molecular flexibility index (Phi) is 7.29.